The van der Waals surface area contributed by atoms with Gasteiger partial charge in [-0.1, -0.05) is 26.2 Å². The third-order valence-corrected chi connectivity index (χ3v) is 2.61. The van der Waals surface area contributed by atoms with Crippen molar-refractivity contribution in [1.29, 1.82) is 0 Å². The van der Waals surface area contributed by atoms with E-state index in [4.69, 9.17) is 4.74 Å². The first-order chi connectivity index (χ1) is 9.60. The Morgan fingerprint density at radius 3 is 2.43 bits per heavy atom. The number of aliphatic imine (C=N–C) groups is 1. The maximum absolute atomic E-state index is 11.4. The first-order valence-electron chi connectivity index (χ1n) is 7.81. The van der Waals surface area contributed by atoms with Crippen LogP contribution >= 0.6 is 24.0 Å². The number of rotatable bonds is 10. The third kappa shape index (κ3) is 15.7. The second-order valence-corrected chi connectivity index (χ2v) is 5.04. The number of hydrogen-bond donors (Lipinski definition) is 2. The topological polar surface area (TPSA) is 62.7 Å². The Morgan fingerprint density at radius 2 is 1.86 bits per heavy atom. The number of carbonyl (C=O) groups is 1. The second kappa shape index (κ2) is 15.9. The SMILES string of the molecule is CCCCCCN=C(NCC)NCCC(=O)OC(C)C.I. The summed E-state index contributed by atoms with van der Waals surface area (Å²) in [5.74, 6) is 0.604. The number of unbranched alkanes of at least 4 members (excludes halogenated alkanes) is 3. The van der Waals surface area contributed by atoms with Crippen molar-refractivity contribution in [3.8, 4) is 0 Å². The van der Waals surface area contributed by atoms with E-state index in [-0.39, 0.29) is 36.0 Å². The largest absolute Gasteiger partial charge is 0.463 e. The fourth-order valence-electron chi connectivity index (χ4n) is 1.68. The molecule has 0 aliphatic heterocycles. The van der Waals surface area contributed by atoms with E-state index in [2.05, 4.69) is 22.5 Å². The quantitative estimate of drug-likeness (QED) is 0.190. The van der Waals surface area contributed by atoms with Crippen LogP contribution in [0.5, 0.6) is 0 Å². The molecule has 0 aliphatic carbocycles. The van der Waals surface area contributed by atoms with Crippen molar-refractivity contribution in [2.24, 2.45) is 4.99 Å². The van der Waals surface area contributed by atoms with Crippen molar-refractivity contribution in [2.75, 3.05) is 19.6 Å². The van der Waals surface area contributed by atoms with Crippen molar-refractivity contribution >= 4 is 35.9 Å². The fraction of sp³-hybridized carbons (Fsp3) is 0.867. The Morgan fingerprint density at radius 1 is 1.14 bits per heavy atom. The number of hydrogen-bond acceptors (Lipinski definition) is 3. The molecule has 0 saturated carbocycles. The summed E-state index contributed by atoms with van der Waals surface area (Å²) in [6, 6.07) is 0. The van der Waals surface area contributed by atoms with E-state index in [0.717, 1.165) is 25.5 Å². The van der Waals surface area contributed by atoms with Gasteiger partial charge in [0.15, 0.2) is 5.96 Å². The molecule has 0 aliphatic rings. The van der Waals surface area contributed by atoms with Gasteiger partial charge in [0.2, 0.25) is 0 Å². The zero-order chi connectivity index (χ0) is 15.2. The van der Waals surface area contributed by atoms with Crippen LogP contribution in [0.15, 0.2) is 4.99 Å². The van der Waals surface area contributed by atoms with Crippen LogP contribution in [0.25, 0.3) is 0 Å². The Hall–Kier alpha value is -0.530. The van der Waals surface area contributed by atoms with E-state index in [1.165, 1.54) is 19.3 Å². The predicted octanol–water partition coefficient (Wildman–Crippen LogP) is 3.08. The normalized spacial score (nSPS) is 11.0. The third-order valence-electron chi connectivity index (χ3n) is 2.61. The van der Waals surface area contributed by atoms with Gasteiger partial charge >= 0.3 is 5.97 Å². The van der Waals surface area contributed by atoms with E-state index in [9.17, 15) is 4.79 Å². The minimum absolute atomic E-state index is 0. The van der Waals surface area contributed by atoms with Crippen molar-refractivity contribution in [2.45, 2.75) is 65.9 Å². The minimum atomic E-state index is -0.175. The number of carbonyl (C=O) groups excluding carboxylic acids is 1. The molecule has 0 aromatic carbocycles. The van der Waals surface area contributed by atoms with Gasteiger partial charge < -0.3 is 15.4 Å². The zero-order valence-corrected chi connectivity index (χ0v) is 16.2. The van der Waals surface area contributed by atoms with Gasteiger partial charge in [0.1, 0.15) is 0 Å². The molecule has 0 spiro atoms. The zero-order valence-electron chi connectivity index (χ0n) is 13.9. The van der Waals surface area contributed by atoms with Crippen LogP contribution in [-0.4, -0.2) is 37.7 Å². The second-order valence-electron chi connectivity index (χ2n) is 5.04. The van der Waals surface area contributed by atoms with Gasteiger partial charge in [0.05, 0.1) is 12.5 Å². The highest BCUT2D eigenvalue weighted by atomic mass is 127. The molecule has 0 unspecified atom stereocenters. The summed E-state index contributed by atoms with van der Waals surface area (Å²) in [5.41, 5.74) is 0. The first kappa shape index (κ1) is 22.7. The maximum Gasteiger partial charge on any atom is 0.307 e. The van der Waals surface area contributed by atoms with Crippen LogP contribution in [0.3, 0.4) is 0 Å². The molecule has 0 bridgehead atoms. The number of esters is 1. The molecule has 0 atom stereocenters. The van der Waals surface area contributed by atoms with E-state index >= 15 is 0 Å². The smallest absolute Gasteiger partial charge is 0.307 e. The van der Waals surface area contributed by atoms with E-state index in [1.54, 1.807) is 0 Å². The monoisotopic (exact) mass is 413 g/mol. The summed E-state index contributed by atoms with van der Waals surface area (Å²) in [7, 11) is 0. The summed E-state index contributed by atoms with van der Waals surface area (Å²) in [5, 5.41) is 6.33. The average molecular weight is 413 g/mol. The van der Waals surface area contributed by atoms with Crippen molar-refractivity contribution in [3.63, 3.8) is 0 Å². The van der Waals surface area contributed by atoms with Crippen LogP contribution in [0, 0.1) is 0 Å². The van der Waals surface area contributed by atoms with Crippen LogP contribution in [-0.2, 0) is 9.53 Å². The lowest BCUT2D eigenvalue weighted by Gasteiger charge is -2.12. The summed E-state index contributed by atoms with van der Waals surface area (Å²) in [6.07, 6.45) is 5.14. The standard InChI is InChI=1S/C15H31N3O2.HI/c1-5-7-8-9-11-17-15(16-6-2)18-12-10-14(19)20-13(3)4;/h13H,5-12H2,1-4H3,(H2,16,17,18);1H. The average Bonchev–Trinajstić information content (AvgIpc) is 2.37. The van der Waals surface area contributed by atoms with Gasteiger partial charge in [-0.3, -0.25) is 9.79 Å². The molecule has 0 heterocycles. The molecule has 2 N–H and O–H groups in total. The predicted molar refractivity (Wildman–Crippen MR) is 99.4 cm³/mol. The van der Waals surface area contributed by atoms with Gasteiger partial charge in [-0.2, -0.15) is 0 Å². The molecule has 0 saturated heterocycles. The van der Waals surface area contributed by atoms with Crippen molar-refractivity contribution in [3.05, 3.63) is 0 Å². The maximum atomic E-state index is 11.4. The number of nitrogens with one attached hydrogen (secondary N) is 2. The Kier molecular flexibility index (Phi) is 17.2. The lowest BCUT2D eigenvalue weighted by atomic mass is 10.2. The molecule has 0 rings (SSSR count). The van der Waals surface area contributed by atoms with E-state index in [1.807, 2.05) is 20.8 Å². The van der Waals surface area contributed by atoms with Gasteiger partial charge in [-0.15, -0.1) is 24.0 Å². The number of guanidine groups is 1. The molecule has 0 aromatic heterocycles. The number of nitrogens with zero attached hydrogens (tertiary/aromatic N) is 1. The minimum Gasteiger partial charge on any atom is -0.463 e. The van der Waals surface area contributed by atoms with Crippen LogP contribution < -0.4 is 10.6 Å². The number of halogens is 1. The first-order valence-corrected chi connectivity index (χ1v) is 7.81. The van der Waals surface area contributed by atoms with Crippen LogP contribution in [0.1, 0.15) is 59.8 Å². The molecule has 126 valence electrons. The van der Waals surface area contributed by atoms with Gasteiger partial charge in [-0.25, -0.2) is 0 Å². The van der Waals surface area contributed by atoms with Crippen LogP contribution in [0.2, 0.25) is 0 Å². The Bertz CT molecular complexity index is 284. The van der Waals surface area contributed by atoms with E-state index < -0.39 is 0 Å². The molecule has 0 fully saturated rings. The lowest BCUT2D eigenvalue weighted by Crippen LogP contribution is -2.38. The molecule has 5 nitrogen and oxygen atoms in total. The molecular formula is C15H32IN3O2. The molecule has 6 heteroatoms. The molecule has 0 aromatic rings. The highest BCUT2D eigenvalue weighted by molar-refractivity contribution is 14.0. The molecule has 21 heavy (non-hydrogen) atoms. The molecule has 0 amide bonds. The summed E-state index contributed by atoms with van der Waals surface area (Å²) < 4.78 is 5.08. The van der Waals surface area contributed by atoms with Crippen molar-refractivity contribution in [1.82, 2.24) is 10.6 Å². The summed E-state index contributed by atoms with van der Waals surface area (Å²) in [4.78, 5) is 15.9. The van der Waals surface area contributed by atoms with Crippen molar-refractivity contribution < 1.29 is 9.53 Å². The Labute approximate surface area is 146 Å². The van der Waals surface area contributed by atoms with Gasteiger partial charge in [0.25, 0.3) is 0 Å². The van der Waals surface area contributed by atoms with Gasteiger partial charge in [-0.05, 0) is 27.2 Å². The van der Waals surface area contributed by atoms with Gasteiger partial charge in [0, 0.05) is 19.6 Å². The number of ether oxygens (including phenoxy) is 1. The van der Waals surface area contributed by atoms with Crippen LogP contribution in [0.4, 0.5) is 0 Å². The highest BCUT2D eigenvalue weighted by Gasteiger charge is 2.05. The van der Waals surface area contributed by atoms with E-state index in [0.29, 0.717) is 13.0 Å². The molecular weight excluding hydrogens is 381 g/mol. The Balaban J connectivity index is 0. The fourth-order valence-corrected chi connectivity index (χ4v) is 1.68. The summed E-state index contributed by atoms with van der Waals surface area (Å²) in [6.45, 7) is 10.1. The lowest BCUT2D eigenvalue weighted by molar-refractivity contribution is -0.147. The summed E-state index contributed by atoms with van der Waals surface area (Å²) >= 11 is 0. The molecule has 0 radical (unpaired) electrons. The highest BCUT2D eigenvalue weighted by Crippen LogP contribution is 1.98.